The van der Waals surface area contributed by atoms with Crippen molar-refractivity contribution in [2.24, 2.45) is 10.7 Å². The number of para-hydroxylation sites is 2. The van der Waals surface area contributed by atoms with Crippen LogP contribution >= 0.6 is 39.9 Å². The van der Waals surface area contributed by atoms with Gasteiger partial charge < -0.3 is 20.5 Å². The standard InChI is InChI=1S/C18H22BrN3O2.HI/c1-13(24-17-10-6-4-8-15(17)19)11-21-18(20)22-16-9-5-3-7-14(16)12-23-2;/h3-10,13H,11-12H2,1-2H3,(H3,20,21,22);1H. The topological polar surface area (TPSA) is 68.9 Å². The molecule has 0 heterocycles. The lowest BCUT2D eigenvalue weighted by Crippen LogP contribution is -2.26. The highest BCUT2D eigenvalue weighted by molar-refractivity contribution is 14.0. The van der Waals surface area contributed by atoms with E-state index in [1.807, 2.05) is 55.5 Å². The number of nitrogens with zero attached hydrogens (tertiary/aromatic N) is 1. The third-order valence-electron chi connectivity index (χ3n) is 3.26. The van der Waals surface area contributed by atoms with Crippen LogP contribution in [-0.2, 0) is 11.3 Å². The lowest BCUT2D eigenvalue weighted by Gasteiger charge is -2.15. The minimum atomic E-state index is -0.0988. The zero-order valence-electron chi connectivity index (χ0n) is 14.2. The molecule has 7 heteroatoms. The van der Waals surface area contributed by atoms with Gasteiger partial charge in [-0.05, 0) is 41.1 Å². The summed E-state index contributed by atoms with van der Waals surface area (Å²) < 4.78 is 11.9. The van der Waals surface area contributed by atoms with Crippen LogP contribution in [0.1, 0.15) is 12.5 Å². The number of anilines is 1. The molecule has 0 aliphatic carbocycles. The number of nitrogens with one attached hydrogen (secondary N) is 1. The van der Waals surface area contributed by atoms with Crippen LogP contribution in [0.4, 0.5) is 5.69 Å². The van der Waals surface area contributed by atoms with Crippen molar-refractivity contribution in [1.82, 2.24) is 0 Å². The van der Waals surface area contributed by atoms with E-state index in [4.69, 9.17) is 15.2 Å². The lowest BCUT2D eigenvalue weighted by atomic mass is 10.2. The first-order valence-electron chi connectivity index (χ1n) is 7.65. The summed E-state index contributed by atoms with van der Waals surface area (Å²) in [4.78, 5) is 4.35. The van der Waals surface area contributed by atoms with E-state index in [1.54, 1.807) is 7.11 Å². The first-order valence-corrected chi connectivity index (χ1v) is 8.44. The van der Waals surface area contributed by atoms with Crippen molar-refractivity contribution in [3.8, 4) is 5.75 Å². The van der Waals surface area contributed by atoms with Gasteiger partial charge in [0.1, 0.15) is 11.9 Å². The molecule has 3 N–H and O–H groups in total. The Morgan fingerprint density at radius 1 is 1.20 bits per heavy atom. The molecule has 2 aromatic rings. The van der Waals surface area contributed by atoms with E-state index in [0.29, 0.717) is 19.1 Å². The van der Waals surface area contributed by atoms with E-state index in [2.05, 4.69) is 26.2 Å². The predicted molar refractivity (Wildman–Crippen MR) is 117 cm³/mol. The van der Waals surface area contributed by atoms with Gasteiger partial charge in [0, 0.05) is 18.4 Å². The molecule has 2 aromatic carbocycles. The van der Waals surface area contributed by atoms with Crippen molar-refractivity contribution in [2.45, 2.75) is 19.6 Å². The van der Waals surface area contributed by atoms with Gasteiger partial charge in [-0.2, -0.15) is 0 Å². The summed E-state index contributed by atoms with van der Waals surface area (Å²) >= 11 is 3.46. The molecule has 0 fully saturated rings. The number of methoxy groups -OCH3 is 1. The molecule has 0 bridgehead atoms. The second-order valence-electron chi connectivity index (χ2n) is 5.30. The van der Waals surface area contributed by atoms with E-state index in [9.17, 15) is 0 Å². The van der Waals surface area contributed by atoms with Gasteiger partial charge in [-0.3, -0.25) is 0 Å². The molecule has 1 unspecified atom stereocenters. The van der Waals surface area contributed by atoms with Crippen LogP contribution in [0.15, 0.2) is 58.0 Å². The Labute approximate surface area is 174 Å². The normalized spacial score (nSPS) is 12.2. The van der Waals surface area contributed by atoms with Gasteiger partial charge in [-0.15, -0.1) is 24.0 Å². The lowest BCUT2D eigenvalue weighted by molar-refractivity contribution is 0.185. The van der Waals surface area contributed by atoms with Crippen molar-refractivity contribution in [3.63, 3.8) is 0 Å². The molecular weight excluding hydrogens is 497 g/mol. The molecule has 0 saturated carbocycles. The molecule has 136 valence electrons. The molecule has 0 spiro atoms. The number of hydrogen-bond acceptors (Lipinski definition) is 3. The van der Waals surface area contributed by atoms with Crippen molar-refractivity contribution >= 4 is 51.6 Å². The van der Waals surface area contributed by atoms with Gasteiger partial charge in [0.05, 0.1) is 17.6 Å². The molecule has 0 aromatic heterocycles. The molecule has 0 saturated heterocycles. The number of guanidine groups is 1. The first kappa shape index (κ1) is 21.7. The highest BCUT2D eigenvalue weighted by atomic mass is 127. The molecule has 5 nitrogen and oxygen atoms in total. The number of nitrogens with two attached hydrogens (primary N) is 1. The number of ether oxygens (including phenoxy) is 2. The molecule has 0 radical (unpaired) electrons. The van der Waals surface area contributed by atoms with E-state index in [1.165, 1.54) is 0 Å². The average molecular weight is 520 g/mol. The molecule has 1 atom stereocenters. The van der Waals surface area contributed by atoms with Crippen LogP contribution in [0.5, 0.6) is 5.75 Å². The third kappa shape index (κ3) is 7.21. The highest BCUT2D eigenvalue weighted by Crippen LogP contribution is 2.24. The number of benzene rings is 2. The number of halogens is 2. The number of hydrogen-bond donors (Lipinski definition) is 2. The number of rotatable bonds is 7. The van der Waals surface area contributed by atoms with Gasteiger partial charge in [0.2, 0.25) is 0 Å². The van der Waals surface area contributed by atoms with Crippen LogP contribution in [0.3, 0.4) is 0 Å². The Hall–Kier alpha value is -1.32. The molecule has 0 amide bonds. The summed E-state index contributed by atoms with van der Waals surface area (Å²) in [5, 5.41) is 3.11. The highest BCUT2D eigenvalue weighted by Gasteiger charge is 2.07. The Balaban J connectivity index is 0.00000312. The second-order valence-corrected chi connectivity index (χ2v) is 6.15. The van der Waals surface area contributed by atoms with E-state index < -0.39 is 0 Å². The van der Waals surface area contributed by atoms with Crippen LogP contribution in [-0.4, -0.2) is 25.7 Å². The molecule has 0 aliphatic heterocycles. The van der Waals surface area contributed by atoms with Crippen LogP contribution in [0.25, 0.3) is 0 Å². The van der Waals surface area contributed by atoms with E-state index in [0.717, 1.165) is 21.5 Å². The molecule has 25 heavy (non-hydrogen) atoms. The quantitative estimate of drug-likeness (QED) is 0.323. The fraction of sp³-hybridized carbons (Fsp3) is 0.278. The number of aliphatic imine (C=N–C) groups is 1. The minimum absolute atomic E-state index is 0. The zero-order chi connectivity index (χ0) is 17.4. The van der Waals surface area contributed by atoms with Gasteiger partial charge in [0.25, 0.3) is 0 Å². The predicted octanol–water partition coefficient (Wildman–Crippen LogP) is 4.41. The average Bonchev–Trinajstić information content (AvgIpc) is 2.57. The minimum Gasteiger partial charge on any atom is -0.488 e. The maximum atomic E-state index is 5.98. The molecular formula is C18H23BrIN3O2. The van der Waals surface area contributed by atoms with Crippen molar-refractivity contribution < 1.29 is 9.47 Å². The summed E-state index contributed by atoms with van der Waals surface area (Å²) in [5.41, 5.74) is 7.89. The summed E-state index contributed by atoms with van der Waals surface area (Å²) in [6.07, 6.45) is -0.0988. The maximum absolute atomic E-state index is 5.98. The fourth-order valence-electron chi connectivity index (χ4n) is 2.12. The maximum Gasteiger partial charge on any atom is 0.193 e. The second kappa shape index (κ2) is 11.3. The Morgan fingerprint density at radius 3 is 2.60 bits per heavy atom. The van der Waals surface area contributed by atoms with Gasteiger partial charge in [-0.25, -0.2) is 4.99 Å². The van der Waals surface area contributed by atoms with E-state index in [-0.39, 0.29) is 30.1 Å². The fourth-order valence-corrected chi connectivity index (χ4v) is 2.50. The monoisotopic (exact) mass is 519 g/mol. The van der Waals surface area contributed by atoms with Crippen molar-refractivity contribution in [3.05, 3.63) is 58.6 Å². The Bertz CT molecular complexity index is 698. The van der Waals surface area contributed by atoms with E-state index >= 15 is 0 Å². The van der Waals surface area contributed by atoms with Crippen LogP contribution in [0, 0.1) is 0 Å². The van der Waals surface area contributed by atoms with Crippen molar-refractivity contribution in [2.75, 3.05) is 19.0 Å². The summed E-state index contributed by atoms with van der Waals surface area (Å²) in [5.74, 6) is 1.14. The van der Waals surface area contributed by atoms with Crippen LogP contribution < -0.4 is 15.8 Å². The first-order chi connectivity index (χ1) is 11.6. The van der Waals surface area contributed by atoms with Crippen LogP contribution in [0.2, 0.25) is 0 Å². The zero-order valence-corrected chi connectivity index (χ0v) is 18.2. The van der Waals surface area contributed by atoms with Crippen molar-refractivity contribution in [1.29, 1.82) is 0 Å². The van der Waals surface area contributed by atoms with Gasteiger partial charge in [0.15, 0.2) is 5.96 Å². The summed E-state index contributed by atoms with van der Waals surface area (Å²) in [6, 6.07) is 15.5. The largest absolute Gasteiger partial charge is 0.488 e. The Morgan fingerprint density at radius 2 is 1.88 bits per heavy atom. The smallest absolute Gasteiger partial charge is 0.193 e. The SMILES string of the molecule is COCc1ccccc1NC(N)=NCC(C)Oc1ccccc1Br.I. The summed E-state index contributed by atoms with van der Waals surface area (Å²) in [7, 11) is 1.66. The summed E-state index contributed by atoms with van der Waals surface area (Å²) in [6.45, 7) is 2.92. The molecule has 0 aliphatic rings. The van der Waals surface area contributed by atoms with Gasteiger partial charge in [-0.1, -0.05) is 30.3 Å². The van der Waals surface area contributed by atoms with Gasteiger partial charge >= 0.3 is 0 Å². The Kier molecular flexibility index (Phi) is 9.84. The third-order valence-corrected chi connectivity index (χ3v) is 3.92. The molecule has 2 rings (SSSR count).